The minimum atomic E-state index is -0.315. The Kier molecular flexibility index (Phi) is 3.52. The number of benzene rings is 1. The van der Waals surface area contributed by atoms with Crippen LogP contribution in [0.25, 0.3) is 0 Å². The number of hydrogen-bond donors (Lipinski definition) is 1. The van der Waals surface area contributed by atoms with Crippen LogP contribution in [0.2, 0.25) is 0 Å². The van der Waals surface area contributed by atoms with E-state index in [1.807, 2.05) is 11.9 Å². The molecule has 0 aliphatic rings. The van der Waals surface area contributed by atoms with Crippen LogP contribution >= 0.6 is 15.9 Å². The van der Waals surface area contributed by atoms with Gasteiger partial charge in [0, 0.05) is 19.7 Å². The molecule has 0 aromatic heterocycles. The number of nitrogens with two attached hydrogens (primary N) is 1. The average molecular weight is 259 g/mol. The Labute approximate surface area is 91.3 Å². The van der Waals surface area contributed by atoms with Gasteiger partial charge in [-0.25, -0.2) is 4.39 Å². The van der Waals surface area contributed by atoms with Gasteiger partial charge in [-0.05, 0) is 22.0 Å². The highest BCUT2D eigenvalue weighted by Crippen LogP contribution is 2.28. The van der Waals surface area contributed by atoms with E-state index in [1.54, 1.807) is 12.1 Å². The lowest BCUT2D eigenvalue weighted by Crippen LogP contribution is -2.18. The minimum absolute atomic E-state index is 0.315. The van der Waals surface area contributed by atoms with Gasteiger partial charge in [-0.3, -0.25) is 0 Å². The SMILES string of the molecule is C=CCN(C)c1cc(F)c(Br)cc1N. The fourth-order valence-corrected chi connectivity index (χ4v) is 1.54. The molecule has 0 saturated carbocycles. The molecular weight excluding hydrogens is 247 g/mol. The van der Waals surface area contributed by atoms with Gasteiger partial charge in [0.15, 0.2) is 0 Å². The summed E-state index contributed by atoms with van der Waals surface area (Å²) in [6, 6.07) is 2.97. The van der Waals surface area contributed by atoms with Crippen molar-refractivity contribution >= 4 is 27.3 Å². The number of nitrogen functional groups attached to an aromatic ring is 1. The second-order valence-electron chi connectivity index (χ2n) is 2.99. The Morgan fingerprint density at radius 3 is 2.86 bits per heavy atom. The van der Waals surface area contributed by atoms with Crippen molar-refractivity contribution in [3.8, 4) is 0 Å². The van der Waals surface area contributed by atoms with E-state index in [2.05, 4.69) is 22.5 Å². The van der Waals surface area contributed by atoms with E-state index in [-0.39, 0.29) is 5.82 Å². The van der Waals surface area contributed by atoms with Gasteiger partial charge in [-0.1, -0.05) is 6.08 Å². The van der Waals surface area contributed by atoms with Crippen LogP contribution in [0.3, 0.4) is 0 Å². The summed E-state index contributed by atoms with van der Waals surface area (Å²) in [4.78, 5) is 1.83. The average Bonchev–Trinajstić information content (AvgIpc) is 2.11. The molecule has 0 aliphatic heterocycles. The van der Waals surface area contributed by atoms with Crippen LogP contribution in [-0.4, -0.2) is 13.6 Å². The summed E-state index contributed by atoms with van der Waals surface area (Å²) in [6.07, 6.45) is 1.74. The highest BCUT2D eigenvalue weighted by Gasteiger charge is 2.08. The number of likely N-dealkylation sites (N-methyl/N-ethyl adjacent to an activating group) is 1. The molecule has 0 saturated heterocycles. The quantitative estimate of drug-likeness (QED) is 0.668. The molecule has 0 atom stereocenters. The Hall–Kier alpha value is -1.03. The van der Waals surface area contributed by atoms with Crippen LogP contribution in [0.4, 0.5) is 15.8 Å². The van der Waals surface area contributed by atoms with E-state index in [9.17, 15) is 4.39 Å². The second kappa shape index (κ2) is 4.46. The minimum Gasteiger partial charge on any atom is -0.397 e. The van der Waals surface area contributed by atoms with Crippen molar-refractivity contribution in [3.63, 3.8) is 0 Å². The number of halogens is 2. The smallest absolute Gasteiger partial charge is 0.139 e. The fraction of sp³-hybridized carbons (Fsp3) is 0.200. The molecule has 0 unspecified atom stereocenters. The van der Waals surface area contributed by atoms with E-state index in [0.29, 0.717) is 22.4 Å². The lowest BCUT2D eigenvalue weighted by atomic mass is 10.2. The van der Waals surface area contributed by atoms with E-state index in [4.69, 9.17) is 5.73 Å². The van der Waals surface area contributed by atoms with Gasteiger partial charge in [0.05, 0.1) is 15.8 Å². The summed E-state index contributed by atoms with van der Waals surface area (Å²) in [7, 11) is 1.83. The molecule has 0 amide bonds. The molecule has 1 aromatic rings. The van der Waals surface area contributed by atoms with E-state index in [0.717, 1.165) is 0 Å². The number of nitrogens with zero attached hydrogens (tertiary/aromatic N) is 1. The zero-order valence-corrected chi connectivity index (χ0v) is 9.51. The van der Waals surface area contributed by atoms with Crippen molar-refractivity contribution in [3.05, 3.63) is 35.1 Å². The zero-order valence-electron chi connectivity index (χ0n) is 7.93. The van der Waals surface area contributed by atoms with E-state index in [1.165, 1.54) is 6.07 Å². The van der Waals surface area contributed by atoms with Crippen LogP contribution in [0, 0.1) is 5.82 Å². The third-order valence-corrected chi connectivity index (χ3v) is 2.49. The van der Waals surface area contributed by atoms with Crippen molar-refractivity contribution < 1.29 is 4.39 Å². The van der Waals surface area contributed by atoms with Crippen LogP contribution in [0.5, 0.6) is 0 Å². The topological polar surface area (TPSA) is 29.3 Å². The van der Waals surface area contributed by atoms with Crippen LogP contribution < -0.4 is 10.6 Å². The lowest BCUT2D eigenvalue weighted by Gasteiger charge is -2.19. The third kappa shape index (κ3) is 2.26. The summed E-state index contributed by atoms with van der Waals surface area (Å²) in [6.45, 7) is 4.24. The Bertz CT molecular complexity index is 352. The molecule has 1 aromatic carbocycles. The Balaban J connectivity index is 3.08. The van der Waals surface area contributed by atoms with Gasteiger partial charge in [-0.15, -0.1) is 6.58 Å². The number of hydrogen-bond acceptors (Lipinski definition) is 2. The first-order valence-electron chi connectivity index (χ1n) is 4.12. The van der Waals surface area contributed by atoms with Crippen molar-refractivity contribution in [2.24, 2.45) is 0 Å². The third-order valence-electron chi connectivity index (χ3n) is 1.88. The van der Waals surface area contributed by atoms with Crippen LogP contribution in [-0.2, 0) is 0 Å². The number of rotatable bonds is 3. The maximum Gasteiger partial charge on any atom is 0.139 e. The molecule has 76 valence electrons. The molecule has 0 radical (unpaired) electrons. The maximum atomic E-state index is 13.2. The number of anilines is 2. The summed E-state index contributed by atoms with van der Waals surface area (Å²) in [5.74, 6) is -0.315. The van der Waals surface area contributed by atoms with Gasteiger partial charge in [0.2, 0.25) is 0 Å². The van der Waals surface area contributed by atoms with E-state index < -0.39 is 0 Å². The normalized spacial score (nSPS) is 9.93. The predicted octanol–water partition coefficient (Wildman–Crippen LogP) is 2.79. The Morgan fingerprint density at radius 1 is 1.64 bits per heavy atom. The van der Waals surface area contributed by atoms with Gasteiger partial charge in [-0.2, -0.15) is 0 Å². The van der Waals surface area contributed by atoms with Crippen molar-refractivity contribution in [1.82, 2.24) is 0 Å². The molecule has 0 spiro atoms. The largest absolute Gasteiger partial charge is 0.397 e. The summed E-state index contributed by atoms with van der Waals surface area (Å²) >= 11 is 3.07. The summed E-state index contributed by atoms with van der Waals surface area (Å²) < 4.78 is 13.6. The maximum absolute atomic E-state index is 13.2. The zero-order chi connectivity index (χ0) is 10.7. The standard InChI is InChI=1S/C10H12BrFN2/c1-3-4-14(2)10-6-8(12)7(11)5-9(10)13/h3,5-6H,1,4,13H2,2H3. The fourth-order valence-electron chi connectivity index (χ4n) is 1.17. The highest BCUT2D eigenvalue weighted by atomic mass is 79.9. The summed E-state index contributed by atoms with van der Waals surface area (Å²) in [5, 5.41) is 0. The first-order valence-corrected chi connectivity index (χ1v) is 4.92. The molecule has 2 N–H and O–H groups in total. The van der Waals surface area contributed by atoms with E-state index >= 15 is 0 Å². The van der Waals surface area contributed by atoms with Crippen LogP contribution in [0.15, 0.2) is 29.3 Å². The highest BCUT2D eigenvalue weighted by molar-refractivity contribution is 9.10. The Morgan fingerprint density at radius 2 is 2.29 bits per heavy atom. The predicted molar refractivity (Wildman–Crippen MR) is 62.0 cm³/mol. The molecule has 0 heterocycles. The van der Waals surface area contributed by atoms with Crippen LogP contribution in [0.1, 0.15) is 0 Å². The van der Waals surface area contributed by atoms with Gasteiger partial charge >= 0.3 is 0 Å². The second-order valence-corrected chi connectivity index (χ2v) is 3.85. The molecular formula is C10H12BrFN2. The van der Waals surface area contributed by atoms with Crippen molar-refractivity contribution in [2.45, 2.75) is 0 Å². The molecule has 0 bridgehead atoms. The first-order chi connectivity index (χ1) is 6.56. The molecule has 14 heavy (non-hydrogen) atoms. The molecule has 4 heteroatoms. The monoisotopic (exact) mass is 258 g/mol. The molecule has 0 aliphatic carbocycles. The van der Waals surface area contributed by atoms with Gasteiger partial charge in [0.25, 0.3) is 0 Å². The molecule has 1 rings (SSSR count). The molecule has 0 fully saturated rings. The van der Waals surface area contributed by atoms with Gasteiger partial charge < -0.3 is 10.6 Å². The van der Waals surface area contributed by atoms with Crippen molar-refractivity contribution in [1.29, 1.82) is 0 Å². The van der Waals surface area contributed by atoms with Gasteiger partial charge in [0.1, 0.15) is 5.82 Å². The first kappa shape index (κ1) is 11.0. The lowest BCUT2D eigenvalue weighted by molar-refractivity contribution is 0.621. The summed E-state index contributed by atoms with van der Waals surface area (Å²) in [5.41, 5.74) is 6.96. The van der Waals surface area contributed by atoms with Crippen molar-refractivity contribution in [2.75, 3.05) is 24.2 Å². The molecule has 2 nitrogen and oxygen atoms in total.